The molecule has 1 unspecified atom stereocenters. The monoisotopic (exact) mass is 325 g/mol. The molecule has 1 atom stereocenters. The maximum Gasteiger partial charge on any atom is 0.265 e. The SMILES string of the molecule is C=CCOc1ccc(NC(=O)C(CC)Oc2ccccc2C)cc1. The third-order valence-corrected chi connectivity index (χ3v) is 3.52. The van der Waals surface area contributed by atoms with Crippen molar-refractivity contribution in [2.45, 2.75) is 26.4 Å². The maximum atomic E-state index is 12.4. The largest absolute Gasteiger partial charge is 0.490 e. The number of anilines is 1. The second-order valence-corrected chi connectivity index (χ2v) is 5.39. The van der Waals surface area contributed by atoms with E-state index < -0.39 is 6.10 Å². The molecule has 0 fully saturated rings. The van der Waals surface area contributed by atoms with Crippen molar-refractivity contribution in [3.05, 3.63) is 66.7 Å². The van der Waals surface area contributed by atoms with Crippen molar-refractivity contribution < 1.29 is 14.3 Å². The molecule has 0 aliphatic rings. The number of nitrogens with one attached hydrogen (secondary N) is 1. The molecule has 2 rings (SSSR count). The van der Waals surface area contributed by atoms with E-state index in [-0.39, 0.29) is 5.91 Å². The third kappa shape index (κ3) is 4.88. The zero-order valence-electron chi connectivity index (χ0n) is 14.1. The van der Waals surface area contributed by atoms with E-state index in [2.05, 4.69) is 11.9 Å². The van der Waals surface area contributed by atoms with Gasteiger partial charge in [0, 0.05) is 5.69 Å². The number of amides is 1. The minimum absolute atomic E-state index is 0.166. The summed E-state index contributed by atoms with van der Waals surface area (Å²) < 4.78 is 11.3. The van der Waals surface area contributed by atoms with Crippen molar-refractivity contribution >= 4 is 11.6 Å². The Kier molecular flexibility index (Phi) is 6.43. The molecule has 1 N–H and O–H groups in total. The standard InChI is InChI=1S/C20H23NO3/c1-4-14-23-17-12-10-16(11-13-17)21-20(22)18(5-2)24-19-9-7-6-8-15(19)3/h4,6-13,18H,1,5,14H2,2-3H3,(H,21,22). The van der Waals surface area contributed by atoms with Crippen LogP contribution in [0.4, 0.5) is 5.69 Å². The summed E-state index contributed by atoms with van der Waals surface area (Å²) in [6.07, 6.45) is 1.73. The van der Waals surface area contributed by atoms with Gasteiger partial charge in [0.2, 0.25) is 0 Å². The summed E-state index contributed by atoms with van der Waals surface area (Å²) in [5.74, 6) is 1.30. The van der Waals surface area contributed by atoms with E-state index in [1.54, 1.807) is 18.2 Å². The molecule has 0 aliphatic carbocycles. The predicted molar refractivity (Wildman–Crippen MR) is 96.6 cm³/mol. The van der Waals surface area contributed by atoms with E-state index in [1.165, 1.54) is 0 Å². The Morgan fingerprint density at radius 3 is 2.54 bits per heavy atom. The first-order valence-electron chi connectivity index (χ1n) is 8.01. The lowest BCUT2D eigenvalue weighted by Gasteiger charge is -2.18. The smallest absolute Gasteiger partial charge is 0.265 e. The van der Waals surface area contributed by atoms with E-state index in [0.717, 1.165) is 17.1 Å². The minimum Gasteiger partial charge on any atom is -0.490 e. The number of benzene rings is 2. The Morgan fingerprint density at radius 2 is 1.92 bits per heavy atom. The van der Waals surface area contributed by atoms with Crippen molar-refractivity contribution in [2.75, 3.05) is 11.9 Å². The van der Waals surface area contributed by atoms with Gasteiger partial charge in [0.25, 0.3) is 5.91 Å². The van der Waals surface area contributed by atoms with Gasteiger partial charge >= 0.3 is 0 Å². The molecule has 0 radical (unpaired) electrons. The van der Waals surface area contributed by atoms with Crippen LogP contribution in [0.3, 0.4) is 0 Å². The number of carbonyl (C=O) groups excluding carboxylic acids is 1. The van der Waals surface area contributed by atoms with Gasteiger partial charge in [0.15, 0.2) is 6.10 Å². The average molecular weight is 325 g/mol. The Hall–Kier alpha value is -2.75. The first-order chi connectivity index (χ1) is 11.6. The fraction of sp³-hybridized carbons (Fsp3) is 0.250. The molecule has 0 heterocycles. The summed E-state index contributed by atoms with van der Waals surface area (Å²) in [5.41, 5.74) is 1.71. The molecule has 0 aliphatic heterocycles. The Balaban J connectivity index is 1.98. The highest BCUT2D eigenvalue weighted by atomic mass is 16.5. The van der Waals surface area contributed by atoms with Crippen molar-refractivity contribution in [3.63, 3.8) is 0 Å². The molecule has 4 nitrogen and oxygen atoms in total. The molecular weight excluding hydrogens is 302 g/mol. The van der Waals surface area contributed by atoms with Crippen LogP contribution in [0.25, 0.3) is 0 Å². The zero-order chi connectivity index (χ0) is 17.4. The lowest BCUT2D eigenvalue weighted by atomic mass is 10.2. The van der Waals surface area contributed by atoms with E-state index >= 15 is 0 Å². The normalized spacial score (nSPS) is 11.4. The van der Waals surface area contributed by atoms with Crippen molar-refractivity contribution in [2.24, 2.45) is 0 Å². The molecule has 2 aromatic carbocycles. The minimum atomic E-state index is -0.539. The molecule has 2 aromatic rings. The fourth-order valence-corrected chi connectivity index (χ4v) is 2.18. The number of aryl methyl sites for hydroxylation is 1. The number of hydrogen-bond donors (Lipinski definition) is 1. The van der Waals surface area contributed by atoms with Crippen LogP contribution in [-0.2, 0) is 4.79 Å². The molecule has 126 valence electrons. The molecular formula is C20H23NO3. The van der Waals surface area contributed by atoms with E-state index in [0.29, 0.717) is 18.7 Å². The Bertz CT molecular complexity index is 680. The van der Waals surface area contributed by atoms with E-state index in [9.17, 15) is 4.79 Å². The summed E-state index contributed by atoms with van der Waals surface area (Å²) in [4.78, 5) is 12.4. The van der Waals surface area contributed by atoms with Crippen LogP contribution in [0, 0.1) is 6.92 Å². The molecule has 0 saturated carbocycles. The van der Waals surface area contributed by atoms with Crippen LogP contribution in [0.15, 0.2) is 61.2 Å². The molecule has 0 spiro atoms. The van der Waals surface area contributed by atoms with E-state index in [1.807, 2.05) is 50.2 Å². The number of carbonyl (C=O) groups is 1. The first kappa shape index (κ1) is 17.6. The second kappa shape index (κ2) is 8.77. The average Bonchev–Trinajstić information content (AvgIpc) is 2.60. The Morgan fingerprint density at radius 1 is 1.21 bits per heavy atom. The van der Waals surface area contributed by atoms with Gasteiger partial charge in [-0.3, -0.25) is 4.79 Å². The van der Waals surface area contributed by atoms with Crippen LogP contribution in [-0.4, -0.2) is 18.6 Å². The fourth-order valence-electron chi connectivity index (χ4n) is 2.18. The van der Waals surface area contributed by atoms with Gasteiger partial charge in [-0.25, -0.2) is 0 Å². The highest BCUT2D eigenvalue weighted by molar-refractivity contribution is 5.94. The number of rotatable bonds is 8. The van der Waals surface area contributed by atoms with Gasteiger partial charge in [0.1, 0.15) is 18.1 Å². The quantitative estimate of drug-likeness (QED) is 0.734. The molecule has 0 saturated heterocycles. The van der Waals surface area contributed by atoms with Gasteiger partial charge in [0.05, 0.1) is 0 Å². The number of ether oxygens (including phenoxy) is 2. The zero-order valence-corrected chi connectivity index (χ0v) is 14.1. The predicted octanol–water partition coefficient (Wildman–Crippen LogP) is 4.36. The summed E-state index contributed by atoms with van der Waals surface area (Å²) in [6, 6.07) is 14.9. The Labute approximate surface area is 143 Å². The molecule has 1 amide bonds. The summed E-state index contributed by atoms with van der Waals surface area (Å²) in [6.45, 7) is 7.94. The lowest BCUT2D eigenvalue weighted by Crippen LogP contribution is -2.32. The summed E-state index contributed by atoms with van der Waals surface area (Å²) >= 11 is 0. The number of hydrogen-bond acceptors (Lipinski definition) is 3. The number of para-hydroxylation sites is 1. The first-order valence-corrected chi connectivity index (χ1v) is 8.01. The van der Waals surface area contributed by atoms with Crippen LogP contribution < -0.4 is 14.8 Å². The molecule has 4 heteroatoms. The summed E-state index contributed by atoms with van der Waals surface area (Å²) in [7, 11) is 0. The van der Waals surface area contributed by atoms with Crippen LogP contribution in [0.2, 0.25) is 0 Å². The molecule has 0 bridgehead atoms. The van der Waals surface area contributed by atoms with Crippen LogP contribution in [0.1, 0.15) is 18.9 Å². The van der Waals surface area contributed by atoms with E-state index in [4.69, 9.17) is 9.47 Å². The van der Waals surface area contributed by atoms with Gasteiger partial charge in [-0.15, -0.1) is 0 Å². The second-order valence-electron chi connectivity index (χ2n) is 5.39. The molecule has 0 aromatic heterocycles. The van der Waals surface area contributed by atoms with Crippen molar-refractivity contribution in [1.82, 2.24) is 0 Å². The maximum absolute atomic E-state index is 12.4. The van der Waals surface area contributed by atoms with Crippen LogP contribution in [0.5, 0.6) is 11.5 Å². The highest BCUT2D eigenvalue weighted by Crippen LogP contribution is 2.20. The molecule has 24 heavy (non-hydrogen) atoms. The summed E-state index contributed by atoms with van der Waals surface area (Å²) in [5, 5.41) is 2.88. The van der Waals surface area contributed by atoms with Gasteiger partial charge in [-0.2, -0.15) is 0 Å². The highest BCUT2D eigenvalue weighted by Gasteiger charge is 2.19. The van der Waals surface area contributed by atoms with Gasteiger partial charge < -0.3 is 14.8 Å². The van der Waals surface area contributed by atoms with Crippen LogP contribution >= 0.6 is 0 Å². The lowest BCUT2D eigenvalue weighted by molar-refractivity contribution is -0.122. The third-order valence-electron chi connectivity index (χ3n) is 3.52. The van der Waals surface area contributed by atoms with Gasteiger partial charge in [-0.1, -0.05) is 37.8 Å². The van der Waals surface area contributed by atoms with Crippen molar-refractivity contribution in [1.29, 1.82) is 0 Å². The van der Waals surface area contributed by atoms with Gasteiger partial charge in [-0.05, 0) is 49.2 Å². The van der Waals surface area contributed by atoms with Crippen molar-refractivity contribution in [3.8, 4) is 11.5 Å². The topological polar surface area (TPSA) is 47.6 Å².